The molecule has 2 amide bonds. The fourth-order valence-corrected chi connectivity index (χ4v) is 3.30. The van der Waals surface area contributed by atoms with E-state index in [1.54, 1.807) is 42.5 Å². The topological polar surface area (TPSA) is 79.5 Å². The number of hydrogen-bond acceptors (Lipinski definition) is 4. The Morgan fingerprint density at radius 1 is 0.879 bits per heavy atom. The molecular formula is C26H27N3O3S. The number of para-hydroxylation sites is 1. The Morgan fingerprint density at radius 2 is 1.55 bits per heavy atom. The molecule has 0 saturated carbocycles. The Hall–Kier alpha value is -3.71. The van der Waals surface area contributed by atoms with E-state index in [1.165, 1.54) is 0 Å². The third kappa shape index (κ3) is 7.43. The first-order valence-corrected chi connectivity index (χ1v) is 11.1. The third-order valence-electron chi connectivity index (χ3n) is 4.67. The van der Waals surface area contributed by atoms with Gasteiger partial charge in [-0.1, -0.05) is 42.5 Å². The Morgan fingerprint density at radius 3 is 2.24 bits per heavy atom. The average molecular weight is 462 g/mol. The minimum Gasteiger partial charge on any atom is -0.492 e. The largest absolute Gasteiger partial charge is 0.492 e. The van der Waals surface area contributed by atoms with Gasteiger partial charge in [0, 0.05) is 23.7 Å². The van der Waals surface area contributed by atoms with Crippen LogP contribution in [0.3, 0.4) is 0 Å². The van der Waals surface area contributed by atoms with Gasteiger partial charge in [-0.15, -0.1) is 0 Å². The second kappa shape index (κ2) is 11.8. The van der Waals surface area contributed by atoms with Gasteiger partial charge in [0.05, 0.1) is 12.2 Å². The Bertz CT molecular complexity index is 1100. The van der Waals surface area contributed by atoms with Gasteiger partial charge in [0.1, 0.15) is 5.75 Å². The van der Waals surface area contributed by atoms with Gasteiger partial charge in [-0.25, -0.2) is 0 Å². The van der Waals surface area contributed by atoms with Crippen LogP contribution in [0, 0.1) is 0 Å². The van der Waals surface area contributed by atoms with E-state index in [0.717, 1.165) is 12.0 Å². The summed E-state index contributed by atoms with van der Waals surface area (Å²) in [5.74, 6) is -0.0127. The molecular weight excluding hydrogens is 434 g/mol. The molecule has 33 heavy (non-hydrogen) atoms. The lowest BCUT2D eigenvalue weighted by atomic mass is 10.1. The Labute approximate surface area is 199 Å². The van der Waals surface area contributed by atoms with E-state index < -0.39 is 0 Å². The fraction of sp³-hybridized carbons (Fsp3) is 0.192. The fourth-order valence-electron chi connectivity index (χ4n) is 3.09. The Balaban J connectivity index is 1.55. The molecule has 0 unspecified atom stereocenters. The van der Waals surface area contributed by atoms with E-state index >= 15 is 0 Å². The van der Waals surface area contributed by atoms with Crippen molar-refractivity contribution in [2.45, 2.75) is 26.3 Å². The van der Waals surface area contributed by atoms with Crippen LogP contribution in [-0.4, -0.2) is 29.6 Å². The zero-order valence-corrected chi connectivity index (χ0v) is 19.4. The van der Waals surface area contributed by atoms with E-state index in [0.29, 0.717) is 29.2 Å². The van der Waals surface area contributed by atoms with Crippen molar-refractivity contribution in [3.05, 3.63) is 95.6 Å². The molecule has 7 heteroatoms. The molecule has 0 atom stereocenters. The van der Waals surface area contributed by atoms with Crippen molar-refractivity contribution in [1.82, 2.24) is 10.6 Å². The molecule has 0 fully saturated rings. The zero-order valence-electron chi connectivity index (χ0n) is 18.6. The lowest BCUT2D eigenvalue weighted by molar-refractivity contribution is 0.0941. The van der Waals surface area contributed by atoms with E-state index in [4.69, 9.17) is 17.0 Å². The first-order valence-electron chi connectivity index (χ1n) is 10.7. The number of anilines is 1. The molecule has 3 aromatic rings. The van der Waals surface area contributed by atoms with Crippen LogP contribution in [0.5, 0.6) is 5.75 Å². The third-order valence-corrected chi connectivity index (χ3v) is 4.88. The van der Waals surface area contributed by atoms with E-state index in [9.17, 15) is 9.59 Å². The van der Waals surface area contributed by atoms with Gasteiger partial charge in [-0.05, 0) is 68.0 Å². The number of ether oxygens (including phenoxy) is 1. The number of carbonyl (C=O) groups is 2. The van der Waals surface area contributed by atoms with Crippen LogP contribution in [0.2, 0.25) is 0 Å². The summed E-state index contributed by atoms with van der Waals surface area (Å²) in [5.41, 5.74) is 2.77. The smallest absolute Gasteiger partial charge is 0.261 e. The standard InChI is InChI=1S/C26H27N3O3S/c1-18(2)27-24(30)20-12-14-21(15-13-20)28-26(33)29-25(31)22-10-6-7-11-23(22)32-17-16-19-8-4-3-5-9-19/h3-15,18H,16-17H2,1-2H3,(H,27,30)(H2,28,29,31,33). The maximum absolute atomic E-state index is 12.8. The molecule has 0 aliphatic carbocycles. The summed E-state index contributed by atoms with van der Waals surface area (Å²) in [6, 6.07) is 24.0. The molecule has 0 aliphatic rings. The molecule has 170 valence electrons. The second-order valence-electron chi connectivity index (χ2n) is 7.69. The lowest BCUT2D eigenvalue weighted by Gasteiger charge is -2.13. The van der Waals surface area contributed by atoms with Gasteiger partial charge < -0.3 is 15.4 Å². The van der Waals surface area contributed by atoms with Gasteiger partial charge in [-0.3, -0.25) is 14.9 Å². The van der Waals surface area contributed by atoms with Gasteiger partial charge in [0.2, 0.25) is 0 Å². The van der Waals surface area contributed by atoms with Crippen molar-refractivity contribution in [1.29, 1.82) is 0 Å². The monoisotopic (exact) mass is 461 g/mol. The van der Waals surface area contributed by atoms with Crippen LogP contribution in [0.4, 0.5) is 5.69 Å². The van der Waals surface area contributed by atoms with Crippen LogP contribution < -0.4 is 20.7 Å². The van der Waals surface area contributed by atoms with E-state index in [-0.39, 0.29) is 23.0 Å². The summed E-state index contributed by atoms with van der Waals surface area (Å²) in [4.78, 5) is 24.8. The van der Waals surface area contributed by atoms with Crippen molar-refractivity contribution in [3.63, 3.8) is 0 Å². The minimum absolute atomic E-state index is 0.0586. The number of amides is 2. The summed E-state index contributed by atoms with van der Waals surface area (Å²) < 4.78 is 5.86. The highest BCUT2D eigenvalue weighted by Crippen LogP contribution is 2.18. The highest BCUT2D eigenvalue weighted by atomic mass is 32.1. The molecule has 0 bridgehead atoms. The normalized spacial score (nSPS) is 10.4. The van der Waals surface area contributed by atoms with Gasteiger partial charge in [-0.2, -0.15) is 0 Å². The molecule has 3 rings (SSSR count). The number of benzene rings is 3. The second-order valence-corrected chi connectivity index (χ2v) is 8.10. The van der Waals surface area contributed by atoms with Gasteiger partial charge in [0.25, 0.3) is 11.8 Å². The minimum atomic E-state index is -0.365. The molecule has 0 spiro atoms. The Kier molecular flexibility index (Phi) is 8.55. The number of carbonyl (C=O) groups excluding carboxylic acids is 2. The molecule has 0 saturated heterocycles. The van der Waals surface area contributed by atoms with Crippen LogP contribution in [0.1, 0.15) is 40.1 Å². The predicted molar refractivity (Wildman–Crippen MR) is 135 cm³/mol. The number of nitrogens with one attached hydrogen (secondary N) is 3. The highest BCUT2D eigenvalue weighted by Gasteiger charge is 2.14. The molecule has 3 aromatic carbocycles. The van der Waals surface area contributed by atoms with Crippen molar-refractivity contribution >= 4 is 34.8 Å². The predicted octanol–water partition coefficient (Wildman–Crippen LogP) is 4.57. The molecule has 3 N–H and O–H groups in total. The molecule has 0 aromatic heterocycles. The molecule has 0 radical (unpaired) electrons. The zero-order chi connectivity index (χ0) is 23.6. The SMILES string of the molecule is CC(C)NC(=O)c1ccc(NC(=S)NC(=O)c2ccccc2OCCc2ccccc2)cc1. The molecule has 6 nitrogen and oxygen atoms in total. The van der Waals surface area contributed by atoms with E-state index in [1.807, 2.05) is 50.2 Å². The summed E-state index contributed by atoms with van der Waals surface area (Å²) in [5, 5.41) is 8.63. The van der Waals surface area contributed by atoms with Gasteiger partial charge >= 0.3 is 0 Å². The van der Waals surface area contributed by atoms with E-state index in [2.05, 4.69) is 16.0 Å². The van der Waals surface area contributed by atoms with Crippen molar-refractivity contribution in [2.24, 2.45) is 0 Å². The first-order chi connectivity index (χ1) is 15.9. The number of rotatable bonds is 8. The van der Waals surface area contributed by atoms with Crippen LogP contribution in [0.15, 0.2) is 78.9 Å². The van der Waals surface area contributed by atoms with Crippen LogP contribution in [-0.2, 0) is 6.42 Å². The first kappa shape index (κ1) is 23.9. The lowest BCUT2D eigenvalue weighted by Crippen LogP contribution is -2.34. The summed E-state index contributed by atoms with van der Waals surface area (Å²) in [7, 11) is 0. The van der Waals surface area contributed by atoms with Crippen molar-refractivity contribution in [2.75, 3.05) is 11.9 Å². The van der Waals surface area contributed by atoms with Crippen molar-refractivity contribution < 1.29 is 14.3 Å². The summed E-state index contributed by atoms with van der Waals surface area (Å²) >= 11 is 5.29. The van der Waals surface area contributed by atoms with Crippen LogP contribution >= 0.6 is 12.2 Å². The van der Waals surface area contributed by atoms with Crippen LogP contribution in [0.25, 0.3) is 0 Å². The molecule has 0 heterocycles. The number of thiocarbonyl (C=S) groups is 1. The number of hydrogen-bond donors (Lipinski definition) is 3. The van der Waals surface area contributed by atoms with Gasteiger partial charge in [0.15, 0.2) is 5.11 Å². The quantitative estimate of drug-likeness (QED) is 0.428. The maximum atomic E-state index is 12.8. The average Bonchev–Trinajstić information content (AvgIpc) is 2.80. The molecule has 0 aliphatic heterocycles. The summed E-state index contributed by atoms with van der Waals surface area (Å²) in [6.07, 6.45) is 0.738. The highest BCUT2D eigenvalue weighted by molar-refractivity contribution is 7.80. The maximum Gasteiger partial charge on any atom is 0.261 e. The van der Waals surface area contributed by atoms with Crippen molar-refractivity contribution in [3.8, 4) is 5.75 Å². The summed E-state index contributed by atoms with van der Waals surface area (Å²) in [6.45, 7) is 4.26.